The Hall–Kier alpha value is -1.88. The Kier molecular flexibility index (Phi) is 6.00. The number of hydrogen-bond acceptors (Lipinski definition) is 3. The molecule has 0 N–H and O–H groups in total. The van der Waals surface area contributed by atoms with Gasteiger partial charge in [0, 0.05) is 43.7 Å². The van der Waals surface area contributed by atoms with Crippen LogP contribution >= 0.6 is 0 Å². The normalized spacial score (nSPS) is 22.6. The number of benzene rings is 1. The number of hydrogen-bond donors (Lipinski definition) is 0. The summed E-state index contributed by atoms with van der Waals surface area (Å²) in [6.45, 7) is 7.70. The summed E-state index contributed by atoms with van der Waals surface area (Å²) in [6.07, 6.45) is 6.43. The third-order valence-electron chi connectivity index (χ3n) is 6.86. The van der Waals surface area contributed by atoms with Crippen molar-refractivity contribution < 1.29 is 9.59 Å². The molecule has 3 aliphatic heterocycles. The second-order valence-electron chi connectivity index (χ2n) is 8.73. The van der Waals surface area contributed by atoms with Crippen LogP contribution < -0.4 is 0 Å². The predicted molar refractivity (Wildman–Crippen MR) is 110 cm³/mol. The van der Waals surface area contributed by atoms with Gasteiger partial charge in [-0.2, -0.15) is 0 Å². The van der Waals surface area contributed by atoms with Crippen molar-refractivity contribution in [2.75, 3.05) is 39.3 Å². The van der Waals surface area contributed by atoms with Crippen LogP contribution in [-0.4, -0.2) is 71.8 Å². The molecular weight excluding hydrogens is 350 g/mol. The smallest absolute Gasteiger partial charge is 0.253 e. The van der Waals surface area contributed by atoms with E-state index in [1.165, 1.54) is 18.4 Å². The van der Waals surface area contributed by atoms with Gasteiger partial charge in [-0.15, -0.1) is 0 Å². The van der Waals surface area contributed by atoms with E-state index < -0.39 is 0 Å². The fourth-order valence-corrected chi connectivity index (χ4v) is 5.02. The molecule has 0 bridgehead atoms. The van der Waals surface area contributed by atoms with E-state index in [-0.39, 0.29) is 11.8 Å². The highest BCUT2D eigenvalue weighted by Crippen LogP contribution is 2.26. The van der Waals surface area contributed by atoms with Crippen molar-refractivity contribution in [2.24, 2.45) is 5.92 Å². The lowest BCUT2D eigenvalue weighted by atomic mass is 9.92. The standard InChI is InChI=1S/C23H33N3O2/c1-18-4-6-19(7-5-18)22(27)26-16-10-21(11-17-26)24-14-8-20(9-15-24)23(28)25-12-2-3-13-25/h4-7,20-21H,2-3,8-17H2,1H3. The first-order chi connectivity index (χ1) is 13.6. The molecule has 1 aromatic rings. The molecule has 0 spiro atoms. The molecule has 3 fully saturated rings. The maximum atomic E-state index is 12.7. The minimum atomic E-state index is 0.161. The number of nitrogens with zero attached hydrogens (tertiary/aromatic N) is 3. The predicted octanol–water partition coefficient (Wildman–Crippen LogP) is 2.93. The zero-order chi connectivity index (χ0) is 19.5. The van der Waals surface area contributed by atoms with Gasteiger partial charge in [-0.1, -0.05) is 17.7 Å². The first kappa shape index (κ1) is 19.4. The Labute approximate surface area is 168 Å². The van der Waals surface area contributed by atoms with Gasteiger partial charge in [-0.05, 0) is 70.7 Å². The van der Waals surface area contributed by atoms with Crippen molar-refractivity contribution in [3.05, 3.63) is 35.4 Å². The summed E-state index contributed by atoms with van der Waals surface area (Å²) < 4.78 is 0. The summed E-state index contributed by atoms with van der Waals surface area (Å²) in [4.78, 5) is 32.0. The highest BCUT2D eigenvalue weighted by Gasteiger charge is 2.33. The summed E-state index contributed by atoms with van der Waals surface area (Å²) in [6, 6.07) is 8.45. The lowest BCUT2D eigenvalue weighted by Gasteiger charge is -2.42. The van der Waals surface area contributed by atoms with E-state index in [4.69, 9.17) is 0 Å². The number of rotatable bonds is 3. The van der Waals surface area contributed by atoms with E-state index in [0.717, 1.165) is 70.5 Å². The van der Waals surface area contributed by atoms with Crippen LogP contribution in [0.25, 0.3) is 0 Å². The largest absolute Gasteiger partial charge is 0.342 e. The van der Waals surface area contributed by atoms with Gasteiger partial charge >= 0.3 is 0 Å². The summed E-state index contributed by atoms with van der Waals surface area (Å²) in [5.74, 6) is 0.793. The minimum Gasteiger partial charge on any atom is -0.342 e. The van der Waals surface area contributed by atoms with Crippen LogP contribution in [0.1, 0.15) is 54.4 Å². The van der Waals surface area contributed by atoms with E-state index >= 15 is 0 Å². The Morgan fingerprint density at radius 2 is 1.39 bits per heavy atom. The van der Waals surface area contributed by atoms with Gasteiger partial charge in [0.15, 0.2) is 0 Å². The van der Waals surface area contributed by atoms with E-state index in [1.807, 2.05) is 36.1 Å². The topological polar surface area (TPSA) is 43.9 Å². The molecule has 3 aliphatic rings. The molecule has 152 valence electrons. The Morgan fingerprint density at radius 3 is 2.00 bits per heavy atom. The van der Waals surface area contributed by atoms with Crippen LogP contribution in [0.2, 0.25) is 0 Å². The first-order valence-corrected chi connectivity index (χ1v) is 11.0. The first-order valence-electron chi connectivity index (χ1n) is 11.0. The molecule has 2 amide bonds. The van der Waals surface area contributed by atoms with E-state index in [0.29, 0.717) is 11.9 Å². The van der Waals surface area contributed by atoms with Crippen molar-refractivity contribution in [1.29, 1.82) is 0 Å². The van der Waals surface area contributed by atoms with Gasteiger partial charge < -0.3 is 14.7 Å². The third-order valence-corrected chi connectivity index (χ3v) is 6.86. The van der Waals surface area contributed by atoms with Gasteiger partial charge in [0.25, 0.3) is 5.91 Å². The second-order valence-corrected chi connectivity index (χ2v) is 8.73. The van der Waals surface area contributed by atoms with Gasteiger partial charge in [-0.3, -0.25) is 9.59 Å². The van der Waals surface area contributed by atoms with E-state index in [9.17, 15) is 9.59 Å². The Morgan fingerprint density at radius 1 is 0.786 bits per heavy atom. The average Bonchev–Trinajstić information content (AvgIpc) is 3.28. The number of likely N-dealkylation sites (tertiary alicyclic amines) is 3. The molecule has 0 saturated carbocycles. The molecule has 5 heteroatoms. The molecule has 5 nitrogen and oxygen atoms in total. The van der Waals surface area contributed by atoms with E-state index in [2.05, 4.69) is 9.80 Å². The molecule has 3 saturated heterocycles. The second kappa shape index (κ2) is 8.64. The molecule has 0 radical (unpaired) electrons. The van der Waals surface area contributed by atoms with Crippen LogP contribution in [0.5, 0.6) is 0 Å². The van der Waals surface area contributed by atoms with Crippen LogP contribution in [0.3, 0.4) is 0 Å². The molecule has 4 rings (SSSR count). The quantitative estimate of drug-likeness (QED) is 0.806. The van der Waals surface area contributed by atoms with Gasteiger partial charge in [0.1, 0.15) is 0 Å². The zero-order valence-corrected chi connectivity index (χ0v) is 17.1. The summed E-state index contributed by atoms with van der Waals surface area (Å²) in [7, 11) is 0. The average molecular weight is 384 g/mol. The van der Waals surface area contributed by atoms with Crippen molar-refractivity contribution in [3.8, 4) is 0 Å². The van der Waals surface area contributed by atoms with Crippen molar-refractivity contribution in [1.82, 2.24) is 14.7 Å². The fraction of sp³-hybridized carbons (Fsp3) is 0.652. The van der Waals surface area contributed by atoms with Crippen molar-refractivity contribution >= 4 is 11.8 Å². The van der Waals surface area contributed by atoms with Crippen LogP contribution in [-0.2, 0) is 4.79 Å². The van der Waals surface area contributed by atoms with E-state index in [1.54, 1.807) is 0 Å². The summed E-state index contributed by atoms with van der Waals surface area (Å²) >= 11 is 0. The monoisotopic (exact) mass is 383 g/mol. The van der Waals surface area contributed by atoms with Gasteiger partial charge in [0.05, 0.1) is 0 Å². The lowest BCUT2D eigenvalue weighted by molar-refractivity contribution is -0.136. The van der Waals surface area contributed by atoms with Crippen molar-refractivity contribution in [2.45, 2.75) is 51.5 Å². The van der Waals surface area contributed by atoms with Crippen LogP contribution in [0.4, 0.5) is 0 Å². The third kappa shape index (κ3) is 4.24. The maximum absolute atomic E-state index is 12.7. The molecule has 3 heterocycles. The number of carbonyl (C=O) groups is 2. The van der Waals surface area contributed by atoms with Crippen LogP contribution in [0.15, 0.2) is 24.3 Å². The Bertz CT molecular complexity index is 680. The summed E-state index contributed by atoms with van der Waals surface area (Å²) in [5.41, 5.74) is 1.98. The molecule has 0 unspecified atom stereocenters. The highest BCUT2D eigenvalue weighted by atomic mass is 16.2. The zero-order valence-electron chi connectivity index (χ0n) is 17.1. The van der Waals surface area contributed by atoms with Crippen molar-refractivity contribution in [3.63, 3.8) is 0 Å². The Balaban J connectivity index is 1.24. The number of carbonyl (C=O) groups excluding carboxylic acids is 2. The number of amides is 2. The molecule has 0 atom stereocenters. The SMILES string of the molecule is Cc1ccc(C(=O)N2CCC(N3CCC(C(=O)N4CCCC4)CC3)CC2)cc1. The molecular formula is C23H33N3O2. The number of piperidine rings is 2. The molecule has 0 aromatic heterocycles. The van der Waals surface area contributed by atoms with Crippen LogP contribution in [0, 0.1) is 12.8 Å². The molecule has 28 heavy (non-hydrogen) atoms. The van der Waals surface area contributed by atoms with Gasteiger partial charge in [-0.25, -0.2) is 0 Å². The maximum Gasteiger partial charge on any atom is 0.253 e. The molecule has 1 aromatic carbocycles. The lowest BCUT2D eigenvalue weighted by Crippen LogP contribution is -2.50. The fourth-order valence-electron chi connectivity index (χ4n) is 5.02. The summed E-state index contributed by atoms with van der Waals surface area (Å²) in [5, 5.41) is 0. The van der Waals surface area contributed by atoms with Gasteiger partial charge in [0.2, 0.25) is 5.91 Å². The number of aryl methyl sites for hydroxylation is 1. The minimum absolute atomic E-state index is 0.161. The highest BCUT2D eigenvalue weighted by molar-refractivity contribution is 5.94. The molecule has 0 aliphatic carbocycles.